The molecule has 0 amide bonds. The summed E-state index contributed by atoms with van der Waals surface area (Å²) in [6, 6.07) is 11.4. The molecule has 0 unspecified atom stereocenters. The number of rotatable bonds is 6. The molecule has 0 N–H and O–H groups in total. The number of halogens is 1. The number of benzene rings is 2. The van der Waals surface area contributed by atoms with E-state index in [0.29, 0.717) is 0 Å². The third-order valence-electron chi connectivity index (χ3n) is 2.95. The van der Waals surface area contributed by atoms with Crippen LogP contribution in [0.25, 0.3) is 0 Å². The molecule has 0 aliphatic carbocycles. The van der Waals surface area contributed by atoms with E-state index in [0.717, 1.165) is 18.6 Å². The molecule has 0 atom stereocenters. The fraction of sp³-hybridized carbons (Fsp3) is 0.125. The van der Waals surface area contributed by atoms with E-state index in [1.54, 1.807) is 24.3 Å². The standard InChI is InChI=1S/C16H12ClNO6/c1-10(19)16(20)24-13-8-7-12(17)15(14(13)18(21)22)23-9-11-5-3-2-4-6-11/h2-8H,9H2,1H3. The van der Waals surface area contributed by atoms with Crippen molar-refractivity contribution in [3.05, 3.63) is 63.2 Å². The molecular formula is C16H12ClNO6. The average Bonchev–Trinajstić information content (AvgIpc) is 2.55. The lowest BCUT2D eigenvalue weighted by Gasteiger charge is -2.11. The minimum Gasteiger partial charge on any atom is -0.481 e. The molecule has 0 fully saturated rings. The van der Waals surface area contributed by atoms with Gasteiger partial charge in [-0.05, 0) is 17.7 Å². The van der Waals surface area contributed by atoms with Crippen LogP contribution in [0.2, 0.25) is 5.02 Å². The predicted molar refractivity (Wildman–Crippen MR) is 85.2 cm³/mol. The maximum absolute atomic E-state index is 11.4. The molecular weight excluding hydrogens is 338 g/mol. The lowest BCUT2D eigenvalue weighted by molar-refractivity contribution is -0.386. The molecule has 0 heterocycles. The van der Waals surface area contributed by atoms with Crippen molar-refractivity contribution in [3.8, 4) is 11.5 Å². The van der Waals surface area contributed by atoms with Gasteiger partial charge in [0.2, 0.25) is 17.3 Å². The van der Waals surface area contributed by atoms with Gasteiger partial charge in [-0.3, -0.25) is 14.9 Å². The summed E-state index contributed by atoms with van der Waals surface area (Å²) in [6.07, 6.45) is 0. The zero-order valence-electron chi connectivity index (χ0n) is 12.5. The van der Waals surface area contributed by atoms with Crippen LogP contribution in [0, 0.1) is 10.1 Å². The number of ketones is 1. The summed E-state index contributed by atoms with van der Waals surface area (Å²) in [5.74, 6) is -2.74. The quantitative estimate of drug-likeness (QED) is 0.261. The second-order valence-electron chi connectivity index (χ2n) is 4.70. The summed E-state index contributed by atoms with van der Waals surface area (Å²) in [7, 11) is 0. The van der Waals surface area contributed by atoms with E-state index >= 15 is 0 Å². The Hall–Kier alpha value is -2.93. The van der Waals surface area contributed by atoms with Gasteiger partial charge in [0, 0.05) is 6.92 Å². The van der Waals surface area contributed by atoms with Crippen molar-refractivity contribution < 1.29 is 24.0 Å². The molecule has 0 bridgehead atoms. The Morgan fingerprint density at radius 1 is 1.17 bits per heavy atom. The lowest BCUT2D eigenvalue weighted by atomic mass is 10.2. The topological polar surface area (TPSA) is 95.7 Å². The number of hydrogen-bond donors (Lipinski definition) is 0. The summed E-state index contributed by atoms with van der Waals surface area (Å²) in [5, 5.41) is 11.3. The minimum atomic E-state index is -1.21. The number of ether oxygens (including phenoxy) is 2. The van der Waals surface area contributed by atoms with Crippen LogP contribution in [0.4, 0.5) is 5.69 Å². The average molecular weight is 350 g/mol. The SMILES string of the molecule is CC(=O)C(=O)Oc1ccc(Cl)c(OCc2ccccc2)c1[N+](=O)[O-]. The minimum absolute atomic E-state index is 0.0137. The summed E-state index contributed by atoms with van der Waals surface area (Å²) >= 11 is 5.97. The first-order valence-electron chi connectivity index (χ1n) is 6.76. The van der Waals surface area contributed by atoms with E-state index < -0.39 is 28.1 Å². The molecule has 7 nitrogen and oxygen atoms in total. The predicted octanol–water partition coefficient (Wildman–Crippen LogP) is 3.32. The van der Waals surface area contributed by atoms with Crippen molar-refractivity contribution in [2.75, 3.05) is 0 Å². The fourth-order valence-electron chi connectivity index (χ4n) is 1.82. The lowest BCUT2D eigenvalue weighted by Crippen LogP contribution is -2.17. The molecule has 24 heavy (non-hydrogen) atoms. The van der Waals surface area contributed by atoms with Crippen molar-refractivity contribution >= 4 is 29.0 Å². The molecule has 2 aromatic rings. The molecule has 124 valence electrons. The third kappa shape index (κ3) is 4.08. The van der Waals surface area contributed by atoms with Crippen LogP contribution in [0.1, 0.15) is 12.5 Å². The van der Waals surface area contributed by atoms with Crippen molar-refractivity contribution in [2.45, 2.75) is 13.5 Å². The Morgan fingerprint density at radius 2 is 1.83 bits per heavy atom. The summed E-state index contributed by atoms with van der Waals surface area (Å²) in [4.78, 5) is 32.9. The highest BCUT2D eigenvalue weighted by Crippen LogP contribution is 2.42. The molecule has 2 rings (SSSR count). The Morgan fingerprint density at radius 3 is 2.42 bits per heavy atom. The van der Waals surface area contributed by atoms with Crippen molar-refractivity contribution in [2.24, 2.45) is 0 Å². The number of nitro benzene ring substituents is 1. The number of carbonyl (C=O) groups is 2. The normalized spacial score (nSPS) is 10.1. The Bertz CT molecular complexity index is 791. The van der Waals surface area contributed by atoms with Gasteiger partial charge in [0.25, 0.3) is 0 Å². The Labute approximate surface area is 141 Å². The summed E-state index contributed by atoms with van der Waals surface area (Å²) in [5.41, 5.74) is 0.155. The molecule has 8 heteroatoms. The summed E-state index contributed by atoms with van der Waals surface area (Å²) in [6.45, 7) is 1.03. The highest BCUT2D eigenvalue weighted by atomic mass is 35.5. The van der Waals surface area contributed by atoms with Gasteiger partial charge >= 0.3 is 11.7 Å². The number of hydrogen-bond acceptors (Lipinski definition) is 6. The van der Waals surface area contributed by atoms with Crippen LogP contribution in [-0.4, -0.2) is 16.7 Å². The first kappa shape index (κ1) is 17.4. The third-order valence-corrected chi connectivity index (χ3v) is 3.24. The zero-order valence-corrected chi connectivity index (χ0v) is 13.3. The molecule has 0 spiro atoms. The molecule has 0 aromatic heterocycles. The van der Waals surface area contributed by atoms with Crippen LogP contribution in [0.3, 0.4) is 0 Å². The van der Waals surface area contributed by atoms with Gasteiger partial charge in [-0.15, -0.1) is 0 Å². The Balaban J connectivity index is 2.36. The fourth-order valence-corrected chi connectivity index (χ4v) is 2.03. The Kier molecular flexibility index (Phi) is 5.49. The van der Waals surface area contributed by atoms with E-state index in [2.05, 4.69) is 0 Å². The maximum Gasteiger partial charge on any atom is 0.379 e. The first-order chi connectivity index (χ1) is 11.4. The van der Waals surface area contributed by atoms with E-state index in [4.69, 9.17) is 21.1 Å². The van der Waals surface area contributed by atoms with Crippen LogP contribution in [0.5, 0.6) is 11.5 Å². The molecule has 2 aromatic carbocycles. The van der Waals surface area contributed by atoms with Crippen molar-refractivity contribution in [3.63, 3.8) is 0 Å². The number of nitrogens with zero attached hydrogens (tertiary/aromatic N) is 1. The first-order valence-corrected chi connectivity index (χ1v) is 7.14. The van der Waals surface area contributed by atoms with Crippen LogP contribution < -0.4 is 9.47 Å². The van der Waals surface area contributed by atoms with Crippen LogP contribution in [-0.2, 0) is 16.2 Å². The van der Waals surface area contributed by atoms with Crippen molar-refractivity contribution in [1.29, 1.82) is 0 Å². The largest absolute Gasteiger partial charge is 0.481 e. The number of esters is 1. The molecule has 0 aliphatic heterocycles. The van der Waals surface area contributed by atoms with E-state index in [1.165, 1.54) is 6.07 Å². The van der Waals surface area contributed by atoms with Crippen LogP contribution >= 0.6 is 11.6 Å². The van der Waals surface area contributed by atoms with E-state index in [1.807, 2.05) is 6.07 Å². The van der Waals surface area contributed by atoms with Crippen molar-refractivity contribution in [1.82, 2.24) is 0 Å². The van der Waals surface area contributed by atoms with E-state index in [-0.39, 0.29) is 17.4 Å². The van der Waals surface area contributed by atoms with Gasteiger partial charge in [0.15, 0.2) is 0 Å². The summed E-state index contributed by atoms with van der Waals surface area (Å²) < 4.78 is 10.2. The van der Waals surface area contributed by atoms with Gasteiger partial charge in [0.05, 0.1) is 9.95 Å². The van der Waals surface area contributed by atoms with Crippen LogP contribution in [0.15, 0.2) is 42.5 Å². The van der Waals surface area contributed by atoms with E-state index in [9.17, 15) is 19.7 Å². The highest BCUT2D eigenvalue weighted by molar-refractivity contribution is 6.33. The van der Waals surface area contributed by atoms with Gasteiger partial charge in [0.1, 0.15) is 6.61 Å². The van der Waals surface area contributed by atoms with Gasteiger partial charge < -0.3 is 9.47 Å². The molecule has 0 saturated heterocycles. The van der Waals surface area contributed by atoms with Gasteiger partial charge in [-0.25, -0.2) is 4.79 Å². The van der Waals surface area contributed by atoms with Gasteiger partial charge in [-0.1, -0.05) is 41.9 Å². The molecule has 0 aliphatic rings. The monoisotopic (exact) mass is 349 g/mol. The van der Waals surface area contributed by atoms with Gasteiger partial charge in [-0.2, -0.15) is 0 Å². The highest BCUT2D eigenvalue weighted by Gasteiger charge is 2.28. The number of nitro groups is 1. The number of Topliss-reactive ketones (excluding diaryl/α,β-unsaturated/α-hetero) is 1. The molecule has 0 radical (unpaired) electrons. The number of carbonyl (C=O) groups excluding carboxylic acids is 2. The second kappa shape index (κ2) is 7.56. The molecule has 0 saturated carbocycles. The maximum atomic E-state index is 11.4. The second-order valence-corrected chi connectivity index (χ2v) is 5.11. The smallest absolute Gasteiger partial charge is 0.379 e. The zero-order chi connectivity index (χ0) is 17.7.